The zero-order valence-corrected chi connectivity index (χ0v) is 15.1. The molecule has 9 nitrogen and oxygen atoms in total. The van der Waals surface area contributed by atoms with Gasteiger partial charge in [0.15, 0.2) is 0 Å². The van der Waals surface area contributed by atoms with Gasteiger partial charge in [-0.3, -0.25) is 9.89 Å². The summed E-state index contributed by atoms with van der Waals surface area (Å²) >= 11 is 0. The predicted octanol–water partition coefficient (Wildman–Crippen LogP) is 0.579. The molecule has 2 aromatic heterocycles. The molecule has 142 valence electrons. The van der Waals surface area contributed by atoms with Crippen molar-refractivity contribution in [1.29, 1.82) is 0 Å². The number of amidine groups is 1. The van der Waals surface area contributed by atoms with Crippen LogP contribution in [0.4, 0.5) is 5.82 Å². The van der Waals surface area contributed by atoms with Gasteiger partial charge in [-0.1, -0.05) is 12.1 Å². The zero-order chi connectivity index (χ0) is 18.6. The average Bonchev–Trinajstić information content (AvgIpc) is 3.28. The lowest BCUT2D eigenvalue weighted by molar-refractivity contribution is 0.0364. The van der Waals surface area contributed by atoms with Crippen molar-refractivity contribution in [3.63, 3.8) is 0 Å². The Balaban J connectivity index is 1.41. The minimum atomic E-state index is 0.318. The fourth-order valence-corrected chi connectivity index (χ4v) is 3.16. The van der Waals surface area contributed by atoms with Gasteiger partial charge in [-0.05, 0) is 12.1 Å². The van der Waals surface area contributed by atoms with Crippen LogP contribution in [0.5, 0.6) is 0 Å². The Morgan fingerprint density at radius 1 is 1.22 bits per heavy atom. The molecule has 0 unspecified atom stereocenters. The van der Waals surface area contributed by atoms with E-state index in [2.05, 4.69) is 24.8 Å². The van der Waals surface area contributed by atoms with E-state index in [1.54, 1.807) is 6.33 Å². The number of rotatable bonds is 6. The first-order chi connectivity index (χ1) is 13.2. The molecule has 9 heteroatoms. The highest BCUT2D eigenvalue weighted by Crippen LogP contribution is 2.13. The van der Waals surface area contributed by atoms with E-state index in [1.807, 2.05) is 28.8 Å². The fraction of sp³-hybridized carbons (Fsp3) is 0.389. The number of hydrogen-bond acceptors (Lipinski definition) is 6. The summed E-state index contributed by atoms with van der Waals surface area (Å²) in [6, 6.07) is 7.85. The number of para-hydroxylation sites is 2. The molecule has 3 heterocycles. The van der Waals surface area contributed by atoms with Crippen LogP contribution in [0.25, 0.3) is 11.0 Å². The number of morpholine rings is 1. The van der Waals surface area contributed by atoms with E-state index < -0.39 is 0 Å². The fourth-order valence-electron chi connectivity index (χ4n) is 3.16. The van der Waals surface area contributed by atoms with E-state index in [1.165, 1.54) is 0 Å². The highest BCUT2D eigenvalue weighted by atomic mass is 16.5. The monoisotopic (exact) mass is 368 g/mol. The molecular formula is C18H24N8O. The normalized spacial score (nSPS) is 16.2. The Hall–Kier alpha value is -2.91. The molecule has 5 N–H and O–H groups in total. The predicted molar refractivity (Wildman–Crippen MR) is 104 cm³/mol. The highest BCUT2D eigenvalue weighted by Gasteiger charge is 2.14. The standard InChI is InChI=1S/C18H24N8O/c19-17(21-11-15-23-13-3-1-2-4-14(13)24-15)16-18(20)26(12-22-16)6-5-25-7-9-27-10-8-25/h1-4,12H,5-11,20H2,(H2,19,21)(H,23,24). The maximum absolute atomic E-state index is 6.22. The topological polar surface area (TPSA) is 123 Å². The van der Waals surface area contributed by atoms with Gasteiger partial charge in [0.1, 0.15) is 23.2 Å². The molecule has 27 heavy (non-hydrogen) atoms. The molecule has 0 radical (unpaired) electrons. The number of hydrogen-bond donors (Lipinski definition) is 3. The number of fused-ring (bicyclic) bond motifs is 1. The summed E-state index contributed by atoms with van der Waals surface area (Å²) in [6.07, 6.45) is 1.72. The smallest absolute Gasteiger partial charge is 0.148 e. The van der Waals surface area contributed by atoms with Gasteiger partial charge in [-0.25, -0.2) is 9.97 Å². The number of imidazole rings is 2. The van der Waals surface area contributed by atoms with Crippen molar-refractivity contribution in [2.75, 3.05) is 38.6 Å². The number of H-pyrrole nitrogens is 1. The van der Waals surface area contributed by atoms with Gasteiger partial charge in [0.05, 0.1) is 37.1 Å². The van der Waals surface area contributed by atoms with E-state index in [0.717, 1.165) is 56.3 Å². The minimum Gasteiger partial charge on any atom is -0.383 e. The quantitative estimate of drug-likeness (QED) is 0.432. The van der Waals surface area contributed by atoms with Gasteiger partial charge in [0.25, 0.3) is 0 Å². The Kier molecular flexibility index (Phi) is 5.03. The maximum atomic E-state index is 6.22. The Bertz CT molecular complexity index is 905. The van der Waals surface area contributed by atoms with Crippen LogP contribution in [-0.4, -0.2) is 63.1 Å². The maximum Gasteiger partial charge on any atom is 0.148 e. The number of aromatic amines is 1. The molecule has 0 amide bonds. The van der Waals surface area contributed by atoms with Crippen LogP contribution < -0.4 is 11.5 Å². The number of ether oxygens (including phenoxy) is 1. The van der Waals surface area contributed by atoms with Crippen molar-refractivity contribution in [3.8, 4) is 0 Å². The average molecular weight is 368 g/mol. The molecule has 1 saturated heterocycles. The summed E-state index contributed by atoms with van der Waals surface area (Å²) in [5, 5.41) is 0. The lowest BCUT2D eigenvalue weighted by Crippen LogP contribution is -2.38. The molecule has 1 aliphatic heterocycles. The summed E-state index contributed by atoms with van der Waals surface area (Å²) < 4.78 is 7.28. The van der Waals surface area contributed by atoms with Crippen LogP contribution in [0, 0.1) is 0 Å². The third-order valence-corrected chi connectivity index (χ3v) is 4.72. The van der Waals surface area contributed by atoms with E-state index in [9.17, 15) is 0 Å². The van der Waals surface area contributed by atoms with Gasteiger partial charge in [0, 0.05) is 26.2 Å². The molecule has 1 aliphatic rings. The number of anilines is 1. The van der Waals surface area contributed by atoms with Crippen molar-refractivity contribution in [2.24, 2.45) is 10.7 Å². The van der Waals surface area contributed by atoms with Gasteiger partial charge in [0.2, 0.25) is 0 Å². The molecule has 0 bridgehead atoms. The second-order valence-corrected chi connectivity index (χ2v) is 6.53. The number of nitrogens with zero attached hydrogens (tertiary/aromatic N) is 5. The van der Waals surface area contributed by atoms with Crippen LogP contribution in [-0.2, 0) is 17.8 Å². The number of aliphatic imine (C=N–C) groups is 1. The van der Waals surface area contributed by atoms with E-state index in [-0.39, 0.29) is 0 Å². The van der Waals surface area contributed by atoms with E-state index >= 15 is 0 Å². The summed E-state index contributed by atoms with van der Waals surface area (Å²) in [4.78, 5) is 18.8. The molecule has 0 saturated carbocycles. The van der Waals surface area contributed by atoms with E-state index in [4.69, 9.17) is 16.2 Å². The number of nitrogen functional groups attached to an aromatic ring is 1. The largest absolute Gasteiger partial charge is 0.383 e. The molecule has 1 fully saturated rings. The Labute approximate surface area is 157 Å². The molecule has 0 atom stereocenters. The van der Waals surface area contributed by atoms with Gasteiger partial charge >= 0.3 is 0 Å². The van der Waals surface area contributed by atoms with Crippen LogP contribution in [0.1, 0.15) is 11.5 Å². The molecule has 3 aromatic rings. The summed E-state index contributed by atoms with van der Waals surface area (Å²) in [7, 11) is 0. The third-order valence-electron chi connectivity index (χ3n) is 4.72. The first-order valence-electron chi connectivity index (χ1n) is 9.05. The summed E-state index contributed by atoms with van der Waals surface area (Å²) in [5.41, 5.74) is 14.8. The highest BCUT2D eigenvalue weighted by molar-refractivity contribution is 5.99. The lowest BCUT2D eigenvalue weighted by atomic mass is 10.3. The first kappa shape index (κ1) is 17.5. The summed E-state index contributed by atoms with van der Waals surface area (Å²) in [6.45, 7) is 5.47. The molecular weight excluding hydrogens is 344 g/mol. The molecule has 0 spiro atoms. The Morgan fingerprint density at radius 3 is 2.85 bits per heavy atom. The van der Waals surface area contributed by atoms with Gasteiger partial charge in [-0.15, -0.1) is 0 Å². The van der Waals surface area contributed by atoms with Crippen LogP contribution >= 0.6 is 0 Å². The minimum absolute atomic E-state index is 0.318. The summed E-state index contributed by atoms with van der Waals surface area (Å²) in [5.74, 6) is 1.61. The SMILES string of the molecule is NC(=NCc1nc2ccccc2[nH]1)c1ncn(CCN2CCOCC2)c1N. The second-order valence-electron chi connectivity index (χ2n) is 6.53. The number of benzene rings is 1. The number of aromatic nitrogens is 4. The molecule has 1 aromatic carbocycles. The Morgan fingerprint density at radius 2 is 2.04 bits per heavy atom. The van der Waals surface area contributed by atoms with Crippen LogP contribution in [0.2, 0.25) is 0 Å². The van der Waals surface area contributed by atoms with Crippen LogP contribution in [0.3, 0.4) is 0 Å². The van der Waals surface area contributed by atoms with Crippen LogP contribution in [0.15, 0.2) is 35.6 Å². The van der Waals surface area contributed by atoms with E-state index in [0.29, 0.717) is 23.9 Å². The van der Waals surface area contributed by atoms with Gasteiger partial charge < -0.3 is 25.8 Å². The number of nitrogens with one attached hydrogen (secondary N) is 1. The van der Waals surface area contributed by atoms with Crippen molar-refractivity contribution in [2.45, 2.75) is 13.1 Å². The van der Waals surface area contributed by atoms with Crippen molar-refractivity contribution in [3.05, 3.63) is 42.1 Å². The molecule has 4 rings (SSSR count). The zero-order valence-electron chi connectivity index (χ0n) is 15.1. The van der Waals surface area contributed by atoms with Crippen molar-refractivity contribution in [1.82, 2.24) is 24.4 Å². The van der Waals surface area contributed by atoms with Gasteiger partial charge in [-0.2, -0.15) is 0 Å². The lowest BCUT2D eigenvalue weighted by Gasteiger charge is -2.26. The first-order valence-corrected chi connectivity index (χ1v) is 9.05. The number of nitrogens with two attached hydrogens (primary N) is 2. The van der Waals surface area contributed by atoms with Crippen molar-refractivity contribution < 1.29 is 4.74 Å². The third kappa shape index (κ3) is 3.93. The second kappa shape index (κ2) is 7.77. The molecule has 0 aliphatic carbocycles. The van der Waals surface area contributed by atoms with Crippen molar-refractivity contribution >= 4 is 22.7 Å².